The van der Waals surface area contributed by atoms with Crippen molar-refractivity contribution in [2.45, 2.75) is 13.5 Å². The number of anilines is 2. The van der Waals surface area contributed by atoms with Gasteiger partial charge in [-0.2, -0.15) is 0 Å². The minimum Gasteiger partial charge on any atom is -0.399 e. The van der Waals surface area contributed by atoms with Crippen molar-refractivity contribution in [1.82, 2.24) is 0 Å². The first-order chi connectivity index (χ1) is 8.13. The molecule has 3 heteroatoms. The first kappa shape index (κ1) is 11.8. The van der Waals surface area contributed by atoms with E-state index >= 15 is 0 Å². The molecule has 0 saturated heterocycles. The Labute approximate surface area is 106 Å². The van der Waals surface area contributed by atoms with Gasteiger partial charge in [0, 0.05) is 22.9 Å². The average molecular weight is 247 g/mol. The van der Waals surface area contributed by atoms with Crippen LogP contribution >= 0.6 is 11.6 Å². The average Bonchev–Trinajstić information content (AvgIpc) is 2.27. The zero-order valence-electron chi connectivity index (χ0n) is 9.70. The van der Waals surface area contributed by atoms with Gasteiger partial charge in [0.25, 0.3) is 0 Å². The highest BCUT2D eigenvalue weighted by Gasteiger charge is 1.97. The van der Waals surface area contributed by atoms with E-state index < -0.39 is 0 Å². The van der Waals surface area contributed by atoms with E-state index in [1.165, 1.54) is 5.56 Å². The molecule has 2 rings (SSSR count). The maximum Gasteiger partial charge on any atom is 0.0406 e. The van der Waals surface area contributed by atoms with Crippen LogP contribution in [0.5, 0.6) is 0 Å². The van der Waals surface area contributed by atoms with Crippen LogP contribution in [-0.2, 0) is 6.54 Å². The van der Waals surface area contributed by atoms with Gasteiger partial charge in [0.05, 0.1) is 0 Å². The van der Waals surface area contributed by atoms with Crippen molar-refractivity contribution in [1.29, 1.82) is 0 Å². The molecule has 3 N–H and O–H groups in total. The van der Waals surface area contributed by atoms with E-state index in [-0.39, 0.29) is 0 Å². The molecule has 0 aromatic heterocycles. The summed E-state index contributed by atoms with van der Waals surface area (Å²) in [5, 5.41) is 4.10. The van der Waals surface area contributed by atoms with Gasteiger partial charge < -0.3 is 11.1 Å². The summed E-state index contributed by atoms with van der Waals surface area (Å²) in [5.74, 6) is 0. The topological polar surface area (TPSA) is 38.0 Å². The Bertz CT molecular complexity index is 486. The zero-order chi connectivity index (χ0) is 12.3. The molecule has 0 amide bonds. The molecule has 0 aliphatic rings. The number of aryl methyl sites for hydroxylation is 1. The summed E-state index contributed by atoms with van der Waals surface area (Å²) in [4.78, 5) is 0. The molecule has 2 nitrogen and oxygen atoms in total. The lowest BCUT2D eigenvalue weighted by Crippen LogP contribution is -2.00. The van der Waals surface area contributed by atoms with Crippen molar-refractivity contribution in [2.24, 2.45) is 0 Å². The maximum atomic E-state index is 5.83. The van der Waals surface area contributed by atoms with E-state index in [1.54, 1.807) is 0 Å². The Hall–Kier alpha value is -1.67. The Kier molecular flexibility index (Phi) is 3.55. The molecule has 0 unspecified atom stereocenters. The molecule has 88 valence electrons. The number of benzene rings is 2. The van der Waals surface area contributed by atoms with Gasteiger partial charge in [-0.25, -0.2) is 0 Å². The number of nitrogens with one attached hydrogen (secondary N) is 1. The molecule has 0 radical (unpaired) electrons. The van der Waals surface area contributed by atoms with Crippen molar-refractivity contribution in [2.75, 3.05) is 11.1 Å². The standard InChI is InChI=1S/C14H15ClN2/c1-10-6-13(16)8-14(7-10)17-9-11-2-4-12(15)5-3-11/h2-8,17H,9,16H2,1H3. The molecular weight excluding hydrogens is 232 g/mol. The van der Waals surface area contributed by atoms with Gasteiger partial charge in [-0.3, -0.25) is 0 Å². The van der Waals surface area contributed by atoms with Crippen molar-refractivity contribution < 1.29 is 0 Å². The van der Waals surface area contributed by atoms with Gasteiger partial charge in [-0.1, -0.05) is 23.7 Å². The van der Waals surface area contributed by atoms with Crippen LogP contribution in [-0.4, -0.2) is 0 Å². The lowest BCUT2D eigenvalue weighted by molar-refractivity contribution is 1.15. The fourth-order valence-corrected chi connectivity index (χ4v) is 1.85. The first-order valence-electron chi connectivity index (χ1n) is 5.49. The third-order valence-corrected chi connectivity index (χ3v) is 2.76. The van der Waals surface area contributed by atoms with E-state index in [9.17, 15) is 0 Å². The molecule has 0 fully saturated rings. The van der Waals surface area contributed by atoms with Crippen molar-refractivity contribution in [3.05, 3.63) is 58.6 Å². The zero-order valence-corrected chi connectivity index (χ0v) is 10.5. The predicted octanol–water partition coefficient (Wildman–Crippen LogP) is 3.84. The van der Waals surface area contributed by atoms with Crippen LogP contribution in [0.2, 0.25) is 5.02 Å². The molecule has 2 aromatic rings. The Morgan fingerprint density at radius 1 is 1.12 bits per heavy atom. The lowest BCUT2D eigenvalue weighted by Gasteiger charge is -2.08. The molecule has 0 bridgehead atoms. The van der Waals surface area contributed by atoms with Gasteiger partial charge >= 0.3 is 0 Å². The molecule has 0 aliphatic heterocycles. The summed E-state index contributed by atoms with van der Waals surface area (Å²) in [6.45, 7) is 2.80. The third-order valence-electron chi connectivity index (χ3n) is 2.51. The summed E-state index contributed by atoms with van der Waals surface area (Å²) < 4.78 is 0. The molecule has 0 spiro atoms. The number of hydrogen-bond acceptors (Lipinski definition) is 2. The van der Waals surface area contributed by atoms with Crippen molar-refractivity contribution >= 4 is 23.0 Å². The summed E-state index contributed by atoms with van der Waals surface area (Å²) in [6, 6.07) is 13.8. The Balaban J connectivity index is 2.04. The van der Waals surface area contributed by atoms with Crippen LogP contribution in [0, 0.1) is 6.92 Å². The number of hydrogen-bond donors (Lipinski definition) is 2. The van der Waals surface area contributed by atoms with E-state index in [0.717, 1.165) is 28.5 Å². The molecule has 0 aliphatic carbocycles. The molecule has 0 saturated carbocycles. The van der Waals surface area contributed by atoms with E-state index in [2.05, 4.69) is 11.4 Å². The Morgan fingerprint density at radius 3 is 2.47 bits per heavy atom. The normalized spacial score (nSPS) is 10.2. The van der Waals surface area contributed by atoms with Crippen LogP contribution in [0.15, 0.2) is 42.5 Å². The van der Waals surface area contributed by atoms with E-state index in [0.29, 0.717) is 0 Å². The van der Waals surface area contributed by atoms with Crippen LogP contribution in [0.1, 0.15) is 11.1 Å². The number of halogens is 1. The number of nitrogens with two attached hydrogens (primary N) is 1. The van der Waals surface area contributed by atoms with Gasteiger partial charge in [-0.15, -0.1) is 0 Å². The van der Waals surface area contributed by atoms with Gasteiger partial charge in [0.1, 0.15) is 0 Å². The van der Waals surface area contributed by atoms with Crippen LogP contribution in [0.25, 0.3) is 0 Å². The van der Waals surface area contributed by atoms with Gasteiger partial charge in [0.2, 0.25) is 0 Å². The van der Waals surface area contributed by atoms with E-state index in [1.807, 2.05) is 43.3 Å². The van der Waals surface area contributed by atoms with Crippen molar-refractivity contribution in [3.8, 4) is 0 Å². The maximum absolute atomic E-state index is 5.83. The van der Waals surface area contributed by atoms with Gasteiger partial charge in [0.15, 0.2) is 0 Å². The fraction of sp³-hybridized carbons (Fsp3) is 0.143. The SMILES string of the molecule is Cc1cc(N)cc(NCc2ccc(Cl)cc2)c1. The first-order valence-corrected chi connectivity index (χ1v) is 5.87. The van der Waals surface area contributed by atoms with E-state index in [4.69, 9.17) is 17.3 Å². The smallest absolute Gasteiger partial charge is 0.0406 e. The second-order valence-electron chi connectivity index (χ2n) is 4.11. The second-order valence-corrected chi connectivity index (χ2v) is 4.55. The molecule has 0 heterocycles. The second kappa shape index (κ2) is 5.11. The molecule has 2 aromatic carbocycles. The van der Waals surface area contributed by atoms with Gasteiger partial charge in [-0.05, 0) is 48.4 Å². The third kappa shape index (κ3) is 3.40. The monoisotopic (exact) mass is 246 g/mol. The van der Waals surface area contributed by atoms with Crippen LogP contribution in [0.3, 0.4) is 0 Å². The minimum atomic E-state index is 0.758. The summed E-state index contributed by atoms with van der Waals surface area (Å²) >= 11 is 5.83. The highest BCUT2D eigenvalue weighted by Crippen LogP contribution is 2.17. The van der Waals surface area contributed by atoms with Crippen LogP contribution < -0.4 is 11.1 Å². The largest absolute Gasteiger partial charge is 0.399 e. The highest BCUT2D eigenvalue weighted by molar-refractivity contribution is 6.30. The Morgan fingerprint density at radius 2 is 1.82 bits per heavy atom. The lowest BCUT2D eigenvalue weighted by atomic mass is 10.2. The van der Waals surface area contributed by atoms with Crippen molar-refractivity contribution in [3.63, 3.8) is 0 Å². The predicted molar refractivity (Wildman–Crippen MR) is 74.4 cm³/mol. The quantitative estimate of drug-likeness (QED) is 0.808. The number of nitrogen functional groups attached to an aromatic ring is 1. The molecular formula is C14H15ClN2. The highest BCUT2D eigenvalue weighted by atomic mass is 35.5. The molecule has 0 atom stereocenters. The molecule has 17 heavy (non-hydrogen) atoms. The fourth-order valence-electron chi connectivity index (χ4n) is 1.72. The van der Waals surface area contributed by atoms with Crippen LogP contribution in [0.4, 0.5) is 11.4 Å². The minimum absolute atomic E-state index is 0.758. The summed E-state index contributed by atoms with van der Waals surface area (Å²) in [7, 11) is 0. The number of rotatable bonds is 3. The summed E-state index contributed by atoms with van der Waals surface area (Å²) in [5.41, 5.74) is 9.96. The summed E-state index contributed by atoms with van der Waals surface area (Å²) in [6.07, 6.45) is 0.